The lowest BCUT2D eigenvalue weighted by Crippen LogP contribution is -2.55. The number of anilines is 1. The molecule has 8 nitrogen and oxygen atoms in total. The first-order chi connectivity index (χ1) is 12.5. The van der Waals surface area contributed by atoms with Gasteiger partial charge in [-0.1, -0.05) is 13.8 Å². The van der Waals surface area contributed by atoms with Gasteiger partial charge in [-0.2, -0.15) is 0 Å². The van der Waals surface area contributed by atoms with Crippen molar-refractivity contribution in [3.63, 3.8) is 0 Å². The summed E-state index contributed by atoms with van der Waals surface area (Å²) in [6.07, 6.45) is 5.11. The van der Waals surface area contributed by atoms with E-state index < -0.39 is 0 Å². The monoisotopic (exact) mass is 360 g/mol. The van der Waals surface area contributed by atoms with Gasteiger partial charge in [0.05, 0.1) is 0 Å². The topological polar surface area (TPSA) is 81.7 Å². The zero-order valence-electron chi connectivity index (χ0n) is 15.6. The Labute approximate surface area is 154 Å². The predicted molar refractivity (Wildman–Crippen MR) is 98.8 cm³/mol. The maximum Gasteiger partial charge on any atom is 0.317 e. The summed E-state index contributed by atoms with van der Waals surface area (Å²) in [7, 11) is 0. The van der Waals surface area contributed by atoms with E-state index in [1.807, 2.05) is 23.6 Å². The van der Waals surface area contributed by atoms with Crippen molar-refractivity contribution in [2.45, 2.75) is 32.7 Å². The van der Waals surface area contributed by atoms with Gasteiger partial charge in [-0.05, 0) is 18.9 Å². The van der Waals surface area contributed by atoms with Crippen LogP contribution < -0.4 is 10.2 Å². The molecule has 1 aromatic rings. The van der Waals surface area contributed by atoms with Gasteiger partial charge in [-0.25, -0.2) is 14.8 Å². The van der Waals surface area contributed by atoms with Crippen molar-refractivity contribution in [3.05, 3.63) is 18.5 Å². The van der Waals surface area contributed by atoms with Crippen LogP contribution in [0.1, 0.15) is 26.7 Å². The van der Waals surface area contributed by atoms with Crippen LogP contribution in [-0.4, -0.2) is 77.0 Å². The number of nitrogens with one attached hydrogen (secondary N) is 1. The van der Waals surface area contributed by atoms with Crippen LogP contribution in [0.2, 0.25) is 0 Å². The summed E-state index contributed by atoms with van der Waals surface area (Å²) in [4.78, 5) is 38.9. The van der Waals surface area contributed by atoms with Crippen molar-refractivity contribution in [3.8, 4) is 0 Å². The molecule has 0 unspecified atom stereocenters. The van der Waals surface area contributed by atoms with Gasteiger partial charge in [0.15, 0.2) is 0 Å². The van der Waals surface area contributed by atoms with E-state index in [9.17, 15) is 9.59 Å². The summed E-state index contributed by atoms with van der Waals surface area (Å²) in [5.41, 5.74) is 0. The number of aromatic nitrogens is 2. The molecule has 0 radical (unpaired) electrons. The van der Waals surface area contributed by atoms with Crippen molar-refractivity contribution < 1.29 is 9.59 Å². The minimum Gasteiger partial charge on any atom is -0.342 e. The van der Waals surface area contributed by atoms with Crippen molar-refractivity contribution in [1.82, 2.24) is 25.1 Å². The normalized spacial score (nSPS) is 19.0. The number of piperidine rings is 1. The predicted octanol–water partition coefficient (Wildman–Crippen LogP) is 0.955. The standard InChI is InChI=1S/C18H28N6O2/c1-14(2)16(25)22-8-4-15(5-9-22)21-18(26)24-12-10-23(11-13-24)17-19-6-3-7-20-17/h3,6-7,14-15H,4-5,8-13H2,1-2H3,(H,21,26). The molecule has 0 saturated carbocycles. The highest BCUT2D eigenvalue weighted by molar-refractivity contribution is 5.78. The largest absolute Gasteiger partial charge is 0.342 e. The van der Waals surface area contributed by atoms with Crippen molar-refractivity contribution in [2.24, 2.45) is 5.92 Å². The van der Waals surface area contributed by atoms with E-state index in [2.05, 4.69) is 20.2 Å². The molecular formula is C18H28N6O2. The third-order valence-electron chi connectivity index (χ3n) is 5.03. The first-order valence-corrected chi connectivity index (χ1v) is 9.41. The summed E-state index contributed by atoms with van der Waals surface area (Å²) in [6, 6.07) is 1.94. The number of amides is 3. The van der Waals surface area contributed by atoms with Crippen LogP contribution >= 0.6 is 0 Å². The van der Waals surface area contributed by atoms with E-state index in [0.29, 0.717) is 13.1 Å². The van der Waals surface area contributed by atoms with Gasteiger partial charge in [-0.15, -0.1) is 0 Å². The maximum absolute atomic E-state index is 12.5. The molecule has 2 aliphatic heterocycles. The summed E-state index contributed by atoms with van der Waals surface area (Å²) >= 11 is 0. The first-order valence-electron chi connectivity index (χ1n) is 9.41. The SMILES string of the molecule is CC(C)C(=O)N1CCC(NC(=O)N2CCN(c3ncccn3)CC2)CC1. The number of urea groups is 1. The lowest BCUT2D eigenvalue weighted by atomic mass is 10.0. The van der Waals surface area contributed by atoms with Crippen LogP contribution in [0.25, 0.3) is 0 Å². The first kappa shape index (κ1) is 18.4. The fraction of sp³-hybridized carbons (Fsp3) is 0.667. The number of rotatable bonds is 3. The van der Waals surface area contributed by atoms with Crippen molar-refractivity contribution in [2.75, 3.05) is 44.2 Å². The second-order valence-corrected chi connectivity index (χ2v) is 7.23. The number of carbonyl (C=O) groups excluding carboxylic acids is 2. The lowest BCUT2D eigenvalue weighted by Gasteiger charge is -2.37. The lowest BCUT2D eigenvalue weighted by molar-refractivity contribution is -0.135. The third-order valence-corrected chi connectivity index (χ3v) is 5.03. The van der Waals surface area contributed by atoms with Gasteiger partial charge < -0.3 is 20.0 Å². The maximum atomic E-state index is 12.5. The van der Waals surface area contributed by atoms with Crippen molar-refractivity contribution in [1.29, 1.82) is 0 Å². The number of piperazine rings is 1. The van der Waals surface area contributed by atoms with Crippen molar-refractivity contribution >= 4 is 17.9 Å². The molecule has 0 aromatic carbocycles. The van der Waals surface area contributed by atoms with E-state index in [1.54, 1.807) is 18.5 Å². The Morgan fingerprint density at radius 3 is 2.19 bits per heavy atom. The average molecular weight is 360 g/mol. The minimum absolute atomic E-state index is 0.00716. The van der Waals surface area contributed by atoms with Gasteiger partial charge >= 0.3 is 6.03 Å². The highest BCUT2D eigenvalue weighted by atomic mass is 16.2. The molecule has 0 atom stereocenters. The van der Waals surface area contributed by atoms with E-state index in [1.165, 1.54) is 0 Å². The van der Waals surface area contributed by atoms with Crippen LogP contribution in [0.15, 0.2) is 18.5 Å². The fourth-order valence-electron chi connectivity index (χ4n) is 3.44. The second-order valence-electron chi connectivity index (χ2n) is 7.23. The molecule has 3 heterocycles. The molecular weight excluding hydrogens is 332 g/mol. The quantitative estimate of drug-likeness (QED) is 0.868. The Bertz CT molecular complexity index is 607. The smallest absolute Gasteiger partial charge is 0.317 e. The molecule has 0 spiro atoms. The highest BCUT2D eigenvalue weighted by Gasteiger charge is 2.28. The Morgan fingerprint density at radius 2 is 1.62 bits per heavy atom. The Balaban J connectivity index is 1.42. The molecule has 2 aliphatic rings. The van der Waals surface area contributed by atoms with Gasteiger partial charge in [0.25, 0.3) is 0 Å². The number of nitrogens with zero attached hydrogens (tertiary/aromatic N) is 5. The summed E-state index contributed by atoms with van der Waals surface area (Å²) < 4.78 is 0. The van der Waals surface area contributed by atoms with Gasteiger partial charge in [0.1, 0.15) is 0 Å². The average Bonchev–Trinajstić information content (AvgIpc) is 2.68. The molecule has 1 aromatic heterocycles. The zero-order valence-corrected chi connectivity index (χ0v) is 15.6. The number of hydrogen-bond donors (Lipinski definition) is 1. The molecule has 2 fully saturated rings. The van der Waals surface area contributed by atoms with Crippen LogP contribution in [-0.2, 0) is 4.79 Å². The van der Waals surface area contributed by atoms with E-state index in [4.69, 9.17) is 0 Å². The Morgan fingerprint density at radius 1 is 1.00 bits per heavy atom. The summed E-state index contributed by atoms with van der Waals surface area (Å²) in [6.45, 7) is 8.09. The highest BCUT2D eigenvalue weighted by Crippen LogP contribution is 2.14. The Hall–Kier alpha value is -2.38. The second kappa shape index (κ2) is 8.33. The molecule has 142 valence electrons. The molecule has 3 amide bonds. The molecule has 8 heteroatoms. The summed E-state index contributed by atoms with van der Waals surface area (Å²) in [5.74, 6) is 0.954. The van der Waals surface area contributed by atoms with E-state index in [0.717, 1.165) is 45.0 Å². The van der Waals surface area contributed by atoms with E-state index in [-0.39, 0.29) is 23.9 Å². The number of likely N-dealkylation sites (tertiary alicyclic amines) is 1. The molecule has 3 rings (SSSR count). The van der Waals surface area contributed by atoms with Gasteiger partial charge in [-0.3, -0.25) is 4.79 Å². The minimum atomic E-state index is -0.00716. The molecule has 0 bridgehead atoms. The summed E-state index contributed by atoms with van der Waals surface area (Å²) in [5, 5.41) is 3.13. The van der Waals surface area contributed by atoms with Crippen LogP contribution in [0.4, 0.5) is 10.7 Å². The molecule has 26 heavy (non-hydrogen) atoms. The zero-order chi connectivity index (χ0) is 18.5. The van der Waals surface area contributed by atoms with E-state index >= 15 is 0 Å². The van der Waals surface area contributed by atoms with Crippen LogP contribution in [0.3, 0.4) is 0 Å². The third kappa shape index (κ3) is 4.42. The number of carbonyl (C=O) groups is 2. The molecule has 1 N–H and O–H groups in total. The van der Waals surface area contributed by atoms with Gasteiger partial charge in [0.2, 0.25) is 11.9 Å². The fourth-order valence-corrected chi connectivity index (χ4v) is 3.44. The molecule has 2 saturated heterocycles. The van der Waals surface area contributed by atoms with Crippen LogP contribution in [0, 0.1) is 5.92 Å². The van der Waals surface area contributed by atoms with Gasteiger partial charge in [0, 0.05) is 63.6 Å². The molecule has 0 aliphatic carbocycles. The Kier molecular flexibility index (Phi) is 5.90. The number of hydrogen-bond acceptors (Lipinski definition) is 5. The van der Waals surface area contributed by atoms with Crippen LogP contribution in [0.5, 0.6) is 0 Å².